The van der Waals surface area contributed by atoms with Gasteiger partial charge >= 0.3 is 0 Å². The fourth-order valence-corrected chi connectivity index (χ4v) is 3.51. The Labute approximate surface area is 132 Å². The number of amides is 2. The highest BCUT2D eigenvalue weighted by Crippen LogP contribution is 2.39. The maximum Gasteiger partial charge on any atom is 0.233 e. The molecule has 0 radical (unpaired) electrons. The highest BCUT2D eigenvalue weighted by atomic mass is 32.2. The SMILES string of the molecule is CC(C)NC(=O)CCN1C(=O)CS[C@H]1c1ccc(F)cc1F. The molecule has 1 saturated heterocycles. The largest absolute Gasteiger partial charge is 0.354 e. The molecule has 1 atom stereocenters. The van der Waals surface area contributed by atoms with E-state index < -0.39 is 17.0 Å². The van der Waals surface area contributed by atoms with Crippen molar-refractivity contribution >= 4 is 23.6 Å². The number of hydrogen-bond acceptors (Lipinski definition) is 3. The van der Waals surface area contributed by atoms with Gasteiger partial charge in [0.05, 0.1) is 5.75 Å². The number of halogens is 2. The predicted molar refractivity (Wildman–Crippen MR) is 81.2 cm³/mol. The topological polar surface area (TPSA) is 49.4 Å². The first-order chi connectivity index (χ1) is 10.4. The molecule has 7 heteroatoms. The molecule has 1 aromatic rings. The summed E-state index contributed by atoms with van der Waals surface area (Å²) in [4.78, 5) is 25.1. The first-order valence-electron chi connectivity index (χ1n) is 7.04. The highest BCUT2D eigenvalue weighted by Gasteiger charge is 2.34. The van der Waals surface area contributed by atoms with Crippen LogP contribution >= 0.6 is 11.8 Å². The van der Waals surface area contributed by atoms with Gasteiger partial charge < -0.3 is 10.2 Å². The third-order valence-electron chi connectivity index (χ3n) is 3.23. The van der Waals surface area contributed by atoms with Crippen molar-refractivity contribution in [1.29, 1.82) is 0 Å². The second-order valence-corrected chi connectivity index (χ2v) is 6.46. The molecule has 0 unspecified atom stereocenters. The van der Waals surface area contributed by atoms with Crippen molar-refractivity contribution in [3.05, 3.63) is 35.4 Å². The first kappa shape index (κ1) is 16.7. The second-order valence-electron chi connectivity index (χ2n) is 5.39. The zero-order valence-corrected chi connectivity index (χ0v) is 13.3. The number of carbonyl (C=O) groups excluding carboxylic acids is 2. The zero-order valence-electron chi connectivity index (χ0n) is 12.4. The fourth-order valence-electron chi connectivity index (χ4n) is 2.27. The third kappa shape index (κ3) is 3.97. The van der Waals surface area contributed by atoms with E-state index in [1.54, 1.807) is 0 Å². The lowest BCUT2D eigenvalue weighted by Gasteiger charge is -2.24. The Morgan fingerprint density at radius 1 is 1.45 bits per heavy atom. The van der Waals surface area contributed by atoms with Gasteiger partial charge in [0, 0.05) is 30.6 Å². The molecule has 0 saturated carbocycles. The van der Waals surface area contributed by atoms with E-state index in [2.05, 4.69) is 5.32 Å². The van der Waals surface area contributed by atoms with Crippen molar-refractivity contribution in [3.8, 4) is 0 Å². The molecule has 0 aromatic heterocycles. The molecule has 120 valence electrons. The molecule has 1 N–H and O–H groups in total. The number of benzene rings is 1. The van der Waals surface area contributed by atoms with Crippen LogP contribution in [-0.4, -0.2) is 35.1 Å². The molecule has 1 fully saturated rings. The molecular formula is C15H18F2N2O2S. The van der Waals surface area contributed by atoms with Crippen LogP contribution in [0, 0.1) is 11.6 Å². The van der Waals surface area contributed by atoms with E-state index in [-0.39, 0.29) is 42.1 Å². The maximum absolute atomic E-state index is 13.9. The van der Waals surface area contributed by atoms with Crippen LogP contribution in [0.2, 0.25) is 0 Å². The van der Waals surface area contributed by atoms with Crippen LogP contribution in [0.3, 0.4) is 0 Å². The van der Waals surface area contributed by atoms with Gasteiger partial charge in [-0.1, -0.05) is 6.07 Å². The zero-order chi connectivity index (χ0) is 16.3. The Kier molecular flexibility index (Phi) is 5.39. The molecule has 2 amide bonds. The Hall–Kier alpha value is -1.63. The van der Waals surface area contributed by atoms with Crippen molar-refractivity contribution in [2.75, 3.05) is 12.3 Å². The minimum absolute atomic E-state index is 0.0292. The molecule has 4 nitrogen and oxygen atoms in total. The molecule has 1 aromatic carbocycles. The first-order valence-corrected chi connectivity index (χ1v) is 8.08. The number of carbonyl (C=O) groups is 2. The van der Waals surface area contributed by atoms with Gasteiger partial charge in [0.15, 0.2) is 0 Å². The van der Waals surface area contributed by atoms with Crippen LogP contribution < -0.4 is 5.32 Å². The number of hydrogen-bond donors (Lipinski definition) is 1. The number of nitrogens with one attached hydrogen (secondary N) is 1. The molecule has 0 spiro atoms. The van der Waals surface area contributed by atoms with Gasteiger partial charge in [-0.2, -0.15) is 0 Å². The van der Waals surface area contributed by atoms with Crippen LogP contribution in [0.5, 0.6) is 0 Å². The van der Waals surface area contributed by atoms with Gasteiger partial charge in [0.25, 0.3) is 0 Å². The molecule has 0 aliphatic carbocycles. The van der Waals surface area contributed by atoms with E-state index in [0.29, 0.717) is 0 Å². The van der Waals surface area contributed by atoms with E-state index in [4.69, 9.17) is 0 Å². The van der Waals surface area contributed by atoms with E-state index in [1.807, 2.05) is 13.8 Å². The fraction of sp³-hybridized carbons (Fsp3) is 0.467. The summed E-state index contributed by atoms with van der Waals surface area (Å²) >= 11 is 1.28. The van der Waals surface area contributed by atoms with E-state index in [1.165, 1.54) is 28.8 Å². The van der Waals surface area contributed by atoms with Crippen molar-refractivity contribution in [2.24, 2.45) is 0 Å². The second kappa shape index (κ2) is 7.09. The molecule has 2 rings (SSSR count). The van der Waals surface area contributed by atoms with Gasteiger partial charge in [-0.3, -0.25) is 9.59 Å². The summed E-state index contributed by atoms with van der Waals surface area (Å²) in [5.41, 5.74) is 0.265. The average Bonchev–Trinajstić information content (AvgIpc) is 2.77. The minimum atomic E-state index is -0.677. The summed E-state index contributed by atoms with van der Waals surface area (Å²) < 4.78 is 26.9. The molecule has 1 aliphatic heterocycles. The lowest BCUT2D eigenvalue weighted by atomic mass is 10.2. The van der Waals surface area contributed by atoms with E-state index in [0.717, 1.165) is 6.07 Å². The predicted octanol–water partition coefficient (Wildman–Crippen LogP) is 2.45. The minimum Gasteiger partial charge on any atom is -0.354 e. The van der Waals surface area contributed by atoms with Crippen LogP contribution in [0.1, 0.15) is 31.2 Å². The molecule has 22 heavy (non-hydrogen) atoms. The maximum atomic E-state index is 13.9. The van der Waals surface area contributed by atoms with Crippen molar-refractivity contribution < 1.29 is 18.4 Å². The number of nitrogens with zero attached hydrogens (tertiary/aromatic N) is 1. The average molecular weight is 328 g/mol. The summed E-state index contributed by atoms with van der Waals surface area (Å²) in [6, 6.07) is 3.36. The van der Waals surface area contributed by atoms with E-state index in [9.17, 15) is 18.4 Å². The normalized spacial score (nSPS) is 18.1. The van der Waals surface area contributed by atoms with Crippen molar-refractivity contribution in [1.82, 2.24) is 10.2 Å². The Balaban J connectivity index is 2.08. The highest BCUT2D eigenvalue weighted by molar-refractivity contribution is 8.00. The van der Waals surface area contributed by atoms with Gasteiger partial charge in [0.2, 0.25) is 11.8 Å². The van der Waals surface area contributed by atoms with Crippen LogP contribution in [0.4, 0.5) is 8.78 Å². The standard InChI is InChI=1S/C15H18F2N2O2S/c1-9(2)18-13(20)5-6-19-14(21)8-22-15(19)11-4-3-10(16)7-12(11)17/h3-4,7,9,15H,5-6,8H2,1-2H3,(H,18,20)/t15-/m0/s1. The van der Waals surface area contributed by atoms with Gasteiger partial charge in [0.1, 0.15) is 17.0 Å². The molecular weight excluding hydrogens is 310 g/mol. The van der Waals surface area contributed by atoms with Gasteiger partial charge in [-0.25, -0.2) is 8.78 Å². The molecule has 0 bridgehead atoms. The summed E-state index contributed by atoms with van der Waals surface area (Å²) in [6.45, 7) is 3.92. The Morgan fingerprint density at radius 2 is 2.18 bits per heavy atom. The van der Waals surface area contributed by atoms with Crippen LogP contribution in [0.15, 0.2) is 18.2 Å². The van der Waals surface area contributed by atoms with Crippen molar-refractivity contribution in [3.63, 3.8) is 0 Å². The van der Waals surface area contributed by atoms with Gasteiger partial charge in [-0.05, 0) is 19.9 Å². The van der Waals surface area contributed by atoms with Crippen molar-refractivity contribution in [2.45, 2.75) is 31.7 Å². The molecule has 1 aliphatic rings. The number of thioether (sulfide) groups is 1. The smallest absolute Gasteiger partial charge is 0.233 e. The Bertz CT molecular complexity index is 581. The lowest BCUT2D eigenvalue weighted by molar-refractivity contribution is -0.129. The van der Waals surface area contributed by atoms with Gasteiger partial charge in [-0.15, -0.1) is 11.8 Å². The summed E-state index contributed by atoms with van der Waals surface area (Å²) in [5.74, 6) is -1.40. The summed E-state index contributed by atoms with van der Waals surface area (Å²) in [7, 11) is 0. The monoisotopic (exact) mass is 328 g/mol. The quantitative estimate of drug-likeness (QED) is 0.903. The van der Waals surface area contributed by atoms with Crippen LogP contribution in [-0.2, 0) is 9.59 Å². The third-order valence-corrected chi connectivity index (χ3v) is 4.46. The van der Waals surface area contributed by atoms with Crippen LogP contribution in [0.25, 0.3) is 0 Å². The summed E-state index contributed by atoms with van der Waals surface area (Å²) in [5, 5.41) is 2.23. The number of rotatable bonds is 5. The lowest BCUT2D eigenvalue weighted by Crippen LogP contribution is -2.35. The van der Waals surface area contributed by atoms with E-state index >= 15 is 0 Å². The molecule has 1 heterocycles. The summed E-state index contributed by atoms with van der Waals surface area (Å²) in [6.07, 6.45) is 0.157. The Morgan fingerprint density at radius 3 is 2.82 bits per heavy atom.